The second-order valence-corrected chi connectivity index (χ2v) is 11.9. The van der Waals surface area contributed by atoms with Crippen LogP contribution in [-0.2, 0) is 0 Å². The SMILES string of the molecule is CCCCCCCCCCCCCCC(C)[N+](C)(C)CCCCCCCCCCCCCC.[Cl-]. The number of hydrogen-bond donors (Lipinski definition) is 0. The van der Waals surface area contributed by atoms with Crippen molar-refractivity contribution in [2.24, 2.45) is 0 Å². The minimum Gasteiger partial charge on any atom is -1.00 e. The van der Waals surface area contributed by atoms with Gasteiger partial charge in [-0.15, -0.1) is 0 Å². The molecular weight excluding hydrogens is 434 g/mol. The van der Waals surface area contributed by atoms with Gasteiger partial charge in [0.2, 0.25) is 0 Å². The summed E-state index contributed by atoms with van der Waals surface area (Å²) < 4.78 is 1.23. The molecule has 0 aromatic heterocycles. The van der Waals surface area contributed by atoms with Crippen LogP contribution in [0.1, 0.15) is 181 Å². The van der Waals surface area contributed by atoms with Crippen LogP contribution in [-0.4, -0.2) is 31.2 Å². The van der Waals surface area contributed by atoms with Crippen molar-refractivity contribution in [3.8, 4) is 0 Å². The molecule has 208 valence electrons. The quantitative estimate of drug-likeness (QED) is 0.0784. The van der Waals surface area contributed by atoms with Crippen molar-refractivity contribution in [1.29, 1.82) is 0 Å². The monoisotopic (exact) mass is 502 g/mol. The lowest BCUT2D eigenvalue weighted by Crippen LogP contribution is -3.00. The van der Waals surface area contributed by atoms with Gasteiger partial charge in [0.25, 0.3) is 0 Å². The second kappa shape index (κ2) is 27.8. The van der Waals surface area contributed by atoms with Crippen LogP contribution in [0.25, 0.3) is 0 Å². The molecule has 0 fully saturated rings. The Bertz CT molecular complexity index is 368. The average molecular weight is 502 g/mol. The first kappa shape index (κ1) is 36.4. The fourth-order valence-corrected chi connectivity index (χ4v) is 5.21. The van der Waals surface area contributed by atoms with Gasteiger partial charge in [0.15, 0.2) is 0 Å². The van der Waals surface area contributed by atoms with Crippen LogP contribution in [0.15, 0.2) is 0 Å². The van der Waals surface area contributed by atoms with E-state index in [4.69, 9.17) is 0 Å². The molecule has 0 amide bonds. The summed E-state index contributed by atoms with van der Waals surface area (Å²) in [6, 6.07) is 0.820. The highest BCUT2D eigenvalue weighted by Gasteiger charge is 2.22. The first-order valence-electron chi connectivity index (χ1n) is 15.9. The molecule has 0 heterocycles. The van der Waals surface area contributed by atoms with E-state index in [9.17, 15) is 0 Å². The molecule has 0 spiro atoms. The Morgan fingerprint density at radius 2 is 0.676 bits per heavy atom. The van der Waals surface area contributed by atoms with E-state index >= 15 is 0 Å². The Balaban J connectivity index is 0. The van der Waals surface area contributed by atoms with E-state index in [0.717, 1.165) is 6.04 Å². The Kier molecular flexibility index (Phi) is 29.8. The Morgan fingerprint density at radius 3 is 1.00 bits per heavy atom. The second-order valence-electron chi connectivity index (χ2n) is 11.9. The molecular formula is C32H68ClN. The summed E-state index contributed by atoms with van der Waals surface area (Å²) >= 11 is 0. The van der Waals surface area contributed by atoms with Gasteiger partial charge in [-0.1, -0.05) is 149 Å². The van der Waals surface area contributed by atoms with Crippen LogP contribution in [0.5, 0.6) is 0 Å². The Labute approximate surface area is 224 Å². The maximum atomic E-state index is 2.50. The average Bonchev–Trinajstić information content (AvgIpc) is 2.80. The molecule has 1 atom stereocenters. The normalized spacial score (nSPS) is 12.6. The van der Waals surface area contributed by atoms with Gasteiger partial charge >= 0.3 is 0 Å². The number of nitrogens with zero attached hydrogens (tertiary/aromatic N) is 1. The van der Waals surface area contributed by atoms with Gasteiger partial charge in [0, 0.05) is 0 Å². The minimum absolute atomic E-state index is 0. The van der Waals surface area contributed by atoms with Gasteiger partial charge in [0.05, 0.1) is 26.7 Å². The number of rotatable bonds is 27. The fraction of sp³-hybridized carbons (Fsp3) is 1.00. The molecule has 0 aliphatic carbocycles. The first-order chi connectivity index (χ1) is 16.0. The maximum absolute atomic E-state index is 2.50. The molecule has 1 unspecified atom stereocenters. The lowest BCUT2D eigenvalue weighted by Gasteiger charge is -2.36. The van der Waals surface area contributed by atoms with Crippen molar-refractivity contribution >= 4 is 0 Å². The van der Waals surface area contributed by atoms with Gasteiger partial charge in [-0.25, -0.2) is 0 Å². The summed E-state index contributed by atoms with van der Waals surface area (Å²) in [7, 11) is 4.95. The highest BCUT2D eigenvalue weighted by Crippen LogP contribution is 2.18. The molecule has 0 saturated carbocycles. The van der Waals surface area contributed by atoms with E-state index in [2.05, 4.69) is 34.9 Å². The van der Waals surface area contributed by atoms with E-state index in [1.807, 2.05) is 0 Å². The zero-order valence-electron chi connectivity index (χ0n) is 24.8. The molecule has 0 aliphatic heterocycles. The lowest BCUT2D eigenvalue weighted by atomic mass is 10.0. The molecule has 0 aromatic carbocycles. The van der Waals surface area contributed by atoms with Crippen molar-refractivity contribution in [3.05, 3.63) is 0 Å². The highest BCUT2D eigenvalue weighted by atomic mass is 35.5. The summed E-state index contributed by atoms with van der Waals surface area (Å²) in [6.45, 7) is 8.48. The van der Waals surface area contributed by atoms with Crippen molar-refractivity contribution in [3.63, 3.8) is 0 Å². The third-order valence-electron chi connectivity index (χ3n) is 8.26. The highest BCUT2D eigenvalue weighted by molar-refractivity contribution is 4.55. The predicted octanol–water partition coefficient (Wildman–Crippen LogP) is 8.25. The molecule has 2 heteroatoms. The molecule has 0 rings (SSSR count). The molecule has 1 nitrogen and oxygen atoms in total. The smallest absolute Gasteiger partial charge is 0.0857 e. The predicted molar refractivity (Wildman–Crippen MR) is 153 cm³/mol. The lowest BCUT2D eigenvalue weighted by molar-refractivity contribution is -0.913. The maximum Gasteiger partial charge on any atom is 0.0857 e. The number of quaternary nitrogens is 1. The Morgan fingerprint density at radius 1 is 0.412 bits per heavy atom. The standard InChI is InChI=1S/C32H68N.ClH/c1-6-8-10-12-14-16-18-20-22-24-26-28-30-32(3)33(4,5)31-29-27-25-23-21-19-17-15-13-11-9-7-2;/h32H,6-31H2,1-5H3;1H/q+1;/p-1. The molecule has 34 heavy (non-hydrogen) atoms. The number of hydrogen-bond acceptors (Lipinski definition) is 0. The molecule has 0 N–H and O–H groups in total. The molecule has 0 aromatic rings. The summed E-state index contributed by atoms with van der Waals surface area (Å²) in [5, 5.41) is 0. The van der Waals surface area contributed by atoms with E-state index in [-0.39, 0.29) is 12.4 Å². The van der Waals surface area contributed by atoms with Gasteiger partial charge < -0.3 is 16.9 Å². The van der Waals surface area contributed by atoms with Crippen molar-refractivity contribution in [1.82, 2.24) is 0 Å². The molecule has 0 aliphatic rings. The largest absolute Gasteiger partial charge is 1.00 e. The zero-order valence-corrected chi connectivity index (χ0v) is 25.5. The summed E-state index contributed by atoms with van der Waals surface area (Å²) in [6.07, 6.45) is 36.3. The summed E-state index contributed by atoms with van der Waals surface area (Å²) in [4.78, 5) is 0. The van der Waals surface area contributed by atoms with Crippen LogP contribution < -0.4 is 12.4 Å². The summed E-state index contributed by atoms with van der Waals surface area (Å²) in [5.41, 5.74) is 0. The van der Waals surface area contributed by atoms with E-state index in [0.29, 0.717) is 0 Å². The molecule has 0 radical (unpaired) electrons. The number of halogens is 1. The van der Waals surface area contributed by atoms with Crippen LogP contribution in [0, 0.1) is 0 Å². The van der Waals surface area contributed by atoms with Crippen molar-refractivity contribution in [2.45, 2.75) is 187 Å². The van der Waals surface area contributed by atoms with E-state index in [1.54, 1.807) is 0 Å². The first-order valence-corrected chi connectivity index (χ1v) is 15.9. The van der Waals surface area contributed by atoms with Gasteiger partial charge in [-0.05, 0) is 32.6 Å². The van der Waals surface area contributed by atoms with E-state index in [1.165, 1.54) is 172 Å². The van der Waals surface area contributed by atoms with Gasteiger partial charge in [0.1, 0.15) is 0 Å². The number of unbranched alkanes of at least 4 members (excludes halogenated alkanes) is 22. The molecule has 0 bridgehead atoms. The topological polar surface area (TPSA) is 0 Å². The van der Waals surface area contributed by atoms with Crippen molar-refractivity contribution in [2.75, 3.05) is 20.6 Å². The Hall–Kier alpha value is 0.250. The van der Waals surface area contributed by atoms with Crippen LogP contribution in [0.4, 0.5) is 0 Å². The zero-order chi connectivity index (χ0) is 24.5. The van der Waals surface area contributed by atoms with Crippen LogP contribution >= 0.6 is 0 Å². The third-order valence-corrected chi connectivity index (χ3v) is 8.26. The molecule has 0 saturated heterocycles. The van der Waals surface area contributed by atoms with Crippen molar-refractivity contribution < 1.29 is 16.9 Å². The minimum atomic E-state index is 0. The van der Waals surface area contributed by atoms with Gasteiger partial charge in [-0.2, -0.15) is 0 Å². The van der Waals surface area contributed by atoms with Crippen LogP contribution in [0.2, 0.25) is 0 Å². The van der Waals surface area contributed by atoms with Crippen LogP contribution in [0.3, 0.4) is 0 Å². The van der Waals surface area contributed by atoms with E-state index < -0.39 is 0 Å². The van der Waals surface area contributed by atoms with Gasteiger partial charge in [-0.3, -0.25) is 0 Å². The fourth-order valence-electron chi connectivity index (χ4n) is 5.21. The summed E-state index contributed by atoms with van der Waals surface area (Å²) in [5.74, 6) is 0. The third kappa shape index (κ3) is 25.3.